The summed E-state index contributed by atoms with van der Waals surface area (Å²) in [5.41, 5.74) is 1.96. The zero-order valence-corrected chi connectivity index (χ0v) is 16.2. The van der Waals surface area contributed by atoms with Crippen LogP contribution in [0.2, 0.25) is 0 Å². The van der Waals surface area contributed by atoms with Gasteiger partial charge in [0, 0.05) is 11.8 Å². The van der Waals surface area contributed by atoms with Crippen molar-refractivity contribution in [1.82, 2.24) is 20.1 Å². The van der Waals surface area contributed by atoms with Crippen LogP contribution in [0.15, 0.2) is 47.1 Å². The van der Waals surface area contributed by atoms with Gasteiger partial charge in [0.1, 0.15) is 11.8 Å². The summed E-state index contributed by atoms with van der Waals surface area (Å²) in [4.78, 5) is 18.5. The first-order valence-corrected chi connectivity index (χ1v) is 9.48. The van der Waals surface area contributed by atoms with Gasteiger partial charge in [0.15, 0.2) is 11.5 Å². The number of hydrogen-bond donors (Lipinski definition) is 1. The number of likely N-dealkylation sites (tertiary alicyclic amines) is 1. The summed E-state index contributed by atoms with van der Waals surface area (Å²) in [6.07, 6.45) is 1.59. The maximum Gasteiger partial charge on any atom is 0.272 e. The average Bonchev–Trinajstić information content (AvgIpc) is 3.34. The molecule has 1 amide bonds. The third-order valence-corrected chi connectivity index (χ3v) is 5.22. The Balaban J connectivity index is 1.23. The van der Waals surface area contributed by atoms with Gasteiger partial charge in [0.05, 0.1) is 23.3 Å². The van der Waals surface area contributed by atoms with Crippen molar-refractivity contribution in [3.05, 3.63) is 52.8 Å². The molecule has 2 aromatic heterocycles. The first-order valence-electron chi connectivity index (χ1n) is 8.69. The molecule has 3 aromatic rings. The van der Waals surface area contributed by atoms with Gasteiger partial charge in [-0.05, 0) is 52.3 Å². The standard InChI is InChI=1S/C19H15BrN4O4/c20-13-2-1-5-21-18(13)28-12-8-24(9-12)19(25)15-7-14(22-23-15)11-3-4-16-17(6-11)27-10-26-16/h1-7,12H,8-10H2,(H,22,23). The lowest BCUT2D eigenvalue weighted by molar-refractivity contribution is 0.0152. The minimum Gasteiger partial charge on any atom is -0.470 e. The molecule has 0 radical (unpaired) electrons. The van der Waals surface area contributed by atoms with Crippen molar-refractivity contribution in [2.24, 2.45) is 0 Å². The van der Waals surface area contributed by atoms with Crippen LogP contribution in [0.3, 0.4) is 0 Å². The molecule has 142 valence electrons. The molecule has 0 bridgehead atoms. The highest BCUT2D eigenvalue weighted by atomic mass is 79.9. The van der Waals surface area contributed by atoms with Gasteiger partial charge in [0.2, 0.25) is 12.7 Å². The topological polar surface area (TPSA) is 89.6 Å². The number of nitrogens with one attached hydrogen (secondary N) is 1. The first kappa shape index (κ1) is 17.1. The van der Waals surface area contributed by atoms with Gasteiger partial charge in [-0.15, -0.1) is 0 Å². The van der Waals surface area contributed by atoms with Gasteiger partial charge >= 0.3 is 0 Å². The minimum absolute atomic E-state index is 0.0774. The lowest BCUT2D eigenvalue weighted by Gasteiger charge is -2.38. The Kier molecular flexibility index (Phi) is 4.16. The van der Waals surface area contributed by atoms with E-state index in [4.69, 9.17) is 14.2 Å². The molecule has 28 heavy (non-hydrogen) atoms. The van der Waals surface area contributed by atoms with Gasteiger partial charge in [-0.25, -0.2) is 4.98 Å². The molecule has 9 heteroatoms. The molecule has 0 unspecified atom stereocenters. The van der Waals surface area contributed by atoms with Gasteiger partial charge in [-0.1, -0.05) is 0 Å². The molecule has 2 aliphatic rings. The van der Waals surface area contributed by atoms with Crippen molar-refractivity contribution in [3.63, 3.8) is 0 Å². The second-order valence-electron chi connectivity index (χ2n) is 6.48. The highest BCUT2D eigenvalue weighted by Gasteiger charge is 2.34. The Morgan fingerprint density at radius 3 is 2.93 bits per heavy atom. The number of pyridine rings is 1. The van der Waals surface area contributed by atoms with E-state index in [-0.39, 0.29) is 18.8 Å². The normalized spacial score (nSPS) is 15.4. The van der Waals surface area contributed by atoms with Crippen molar-refractivity contribution in [1.29, 1.82) is 0 Å². The number of nitrogens with zero attached hydrogens (tertiary/aromatic N) is 3. The molecule has 0 atom stereocenters. The molecular weight excluding hydrogens is 428 g/mol. The van der Waals surface area contributed by atoms with Gasteiger partial charge in [-0.2, -0.15) is 5.10 Å². The first-order chi connectivity index (χ1) is 13.7. The third kappa shape index (κ3) is 3.07. The van der Waals surface area contributed by atoms with E-state index in [1.165, 1.54) is 0 Å². The molecule has 1 aromatic carbocycles. The maximum absolute atomic E-state index is 12.7. The SMILES string of the molecule is O=C(c1cc(-c2ccc3c(c2)OCO3)n[nH]1)N1CC(Oc2ncccc2Br)C1. The predicted octanol–water partition coefficient (Wildman–Crippen LogP) is 2.87. The molecule has 1 saturated heterocycles. The molecule has 1 N–H and O–H groups in total. The molecule has 5 rings (SSSR count). The Hall–Kier alpha value is -3.07. The number of benzene rings is 1. The molecule has 1 fully saturated rings. The lowest BCUT2D eigenvalue weighted by Crippen LogP contribution is -2.56. The van der Waals surface area contributed by atoms with Crippen molar-refractivity contribution in [2.75, 3.05) is 19.9 Å². The van der Waals surface area contributed by atoms with Crippen molar-refractivity contribution in [2.45, 2.75) is 6.10 Å². The van der Waals surface area contributed by atoms with Gasteiger partial charge in [0.25, 0.3) is 5.91 Å². The Labute approximate surface area is 168 Å². The zero-order valence-electron chi connectivity index (χ0n) is 14.6. The summed E-state index contributed by atoms with van der Waals surface area (Å²) in [6, 6.07) is 11.0. The molecule has 2 aliphatic heterocycles. The highest BCUT2D eigenvalue weighted by molar-refractivity contribution is 9.10. The quantitative estimate of drug-likeness (QED) is 0.667. The number of rotatable bonds is 4. The van der Waals surface area contributed by atoms with E-state index in [1.807, 2.05) is 30.3 Å². The number of aromatic nitrogens is 3. The number of halogens is 1. The Morgan fingerprint density at radius 2 is 2.07 bits per heavy atom. The summed E-state index contributed by atoms with van der Waals surface area (Å²) in [5.74, 6) is 1.81. The van der Waals surface area contributed by atoms with Crippen LogP contribution in [0.1, 0.15) is 10.5 Å². The largest absolute Gasteiger partial charge is 0.470 e. The summed E-state index contributed by atoms with van der Waals surface area (Å²) in [6.45, 7) is 1.22. The van der Waals surface area contributed by atoms with Crippen LogP contribution in [0, 0.1) is 0 Å². The highest BCUT2D eigenvalue weighted by Crippen LogP contribution is 2.35. The van der Waals surface area contributed by atoms with Crippen LogP contribution < -0.4 is 14.2 Å². The number of fused-ring (bicyclic) bond motifs is 1. The summed E-state index contributed by atoms with van der Waals surface area (Å²) < 4.78 is 17.3. The fraction of sp³-hybridized carbons (Fsp3) is 0.211. The molecule has 0 spiro atoms. The number of hydrogen-bond acceptors (Lipinski definition) is 6. The summed E-state index contributed by atoms with van der Waals surface area (Å²) in [7, 11) is 0. The second kappa shape index (κ2) is 6.83. The van der Waals surface area contributed by atoms with Crippen LogP contribution in [-0.4, -0.2) is 52.0 Å². The summed E-state index contributed by atoms with van der Waals surface area (Å²) >= 11 is 3.40. The van der Waals surface area contributed by atoms with Crippen LogP contribution in [0.5, 0.6) is 17.4 Å². The van der Waals surface area contributed by atoms with Crippen LogP contribution in [0.4, 0.5) is 0 Å². The van der Waals surface area contributed by atoms with Crippen LogP contribution in [0.25, 0.3) is 11.3 Å². The molecule has 0 aliphatic carbocycles. The van der Waals surface area contributed by atoms with E-state index < -0.39 is 0 Å². The second-order valence-corrected chi connectivity index (χ2v) is 7.33. The van der Waals surface area contributed by atoms with E-state index in [0.29, 0.717) is 41.9 Å². The van der Waals surface area contributed by atoms with Crippen molar-refractivity contribution in [3.8, 4) is 28.6 Å². The van der Waals surface area contributed by atoms with Crippen molar-refractivity contribution < 1.29 is 19.0 Å². The monoisotopic (exact) mass is 442 g/mol. The lowest BCUT2D eigenvalue weighted by atomic mass is 10.1. The minimum atomic E-state index is -0.112. The van der Waals surface area contributed by atoms with Crippen molar-refractivity contribution >= 4 is 21.8 Å². The number of carbonyl (C=O) groups excluding carboxylic acids is 1. The average molecular weight is 443 g/mol. The fourth-order valence-corrected chi connectivity index (χ4v) is 3.45. The predicted molar refractivity (Wildman–Crippen MR) is 102 cm³/mol. The smallest absolute Gasteiger partial charge is 0.272 e. The number of carbonyl (C=O) groups is 1. The van der Waals surface area contributed by atoms with E-state index in [1.54, 1.807) is 17.2 Å². The van der Waals surface area contributed by atoms with Crippen LogP contribution >= 0.6 is 15.9 Å². The number of ether oxygens (including phenoxy) is 3. The van der Waals surface area contributed by atoms with E-state index in [2.05, 4.69) is 31.1 Å². The zero-order chi connectivity index (χ0) is 19.1. The Bertz CT molecular complexity index is 1050. The Morgan fingerprint density at radius 1 is 1.21 bits per heavy atom. The van der Waals surface area contributed by atoms with Gasteiger partial charge < -0.3 is 19.1 Å². The van der Waals surface area contributed by atoms with E-state index in [9.17, 15) is 4.79 Å². The number of H-pyrrole nitrogens is 1. The molecule has 0 saturated carbocycles. The summed E-state index contributed by atoms with van der Waals surface area (Å²) in [5, 5.41) is 7.08. The van der Waals surface area contributed by atoms with Crippen LogP contribution in [-0.2, 0) is 0 Å². The van der Waals surface area contributed by atoms with E-state index >= 15 is 0 Å². The fourth-order valence-electron chi connectivity index (χ4n) is 3.10. The molecule has 4 heterocycles. The number of aromatic amines is 1. The maximum atomic E-state index is 12.7. The molecular formula is C19H15BrN4O4. The molecule has 8 nitrogen and oxygen atoms in total. The third-order valence-electron chi connectivity index (χ3n) is 4.61. The number of amides is 1. The van der Waals surface area contributed by atoms with Gasteiger partial charge in [-0.3, -0.25) is 9.89 Å². The van der Waals surface area contributed by atoms with E-state index in [0.717, 1.165) is 10.0 Å².